The van der Waals surface area contributed by atoms with Gasteiger partial charge in [-0.3, -0.25) is 4.79 Å². The first-order chi connectivity index (χ1) is 9.95. The van der Waals surface area contributed by atoms with Gasteiger partial charge in [0.2, 0.25) is 5.91 Å². The number of hydrogen-bond donors (Lipinski definition) is 2. The Morgan fingerprint density at radius 3 is 2.81 bits per heavy atom. The summed E-state index contributed by atoms with van der Waals surface area (Å²) in [6.45, 7) is 6.07. The Balaban J connectivity index is 2.04. The molecule has 0 aliphatic rings. The Hall–Kier alpha value is -1.72. The molecule has 1 unspecified atom stereocenters. The fourth-order valence-corrected chi connectivity index (χ4v) is 2.64. The highest BCUT2D eigenvalue weighted by molar-refractivity contribution is 7.14. The van der Waals surface area contributed by atoms with Crippen molar-refractivity contribution >= 4 is 22.4 Å². The Morgan fingerprint density at radius 1 is 1.38 bits per heavy atom. The van der Waals surface area contributed by atoms with Gasteiger partial charge < -0.3 is 11.1 Å². The predicted molar refractivity (Wildman–Crippen MR) is 88.5 cm³/mol. The van der Waals surface area contributed by atoms with Crippen molar-refractivity contribution in [2.75, 3.05) is 5.32 Å². The molecule has 3 N–H and O–H groups in total. The van der Waals surface area contributed by atoms with Gasteiger partial charge in [-0.05, 0) is 44.4 Å². The number of carbonyl (C=O) groups excluding carboxylic acids is 1. The number of nitrogens with two attached hydrogens (primary N) is 1. The highest BCUT2D eigenvalue weighted by atomic mass is 32.1. The van der Waals surface area contributed by atoms with Crippen LogP contribution in [-0.2, 0) is 4.79 Å². The van der Waals surface area contributed by atoms with Crippen LogP contribution in [0.4, 0.5) is 5.13 Å². The molecule has 1 amide bonds. The zero-order chi connectivity index (χ0) is 15.4. The summed E-state index contributed by atoms with van der Waals surface area (Å²) >= 11 is 1.44. The summed E-state index contributed by atoms with van der Waals surface area (Å²) < 4.78 is 0. The number of benzene rings is 1. The van der Waals surface area contributed by atoms with Crippen LogP contribution in [0, 0.1) is 13.8 Å². The molecule has 0 saturated heterocycles. The maximum atomic E-state index is 11.8. The van der Waals surface area contributed by atoms with Crippen LogP contribution in [0.5, 0.6) is 0 Å². The molecule has 1 aromatic heterocycles. The second-order valence-corrected chi connectivity index (χ2v) is 6.26. The standard InChI is InChI=1S/C16H21N3OS/c1-10-4-6-13(8-11(10)2)14-9-21-16(18-14)19-15(20)7-5-12(3)17/h4,6,8-9,12H,5,7,17H2,1-3H3,(H,18,19,20). The smallest absolute Gasteiger partial charge is 0.226 e. The first-order valence-corrected chi connectivity index (χ1v) is 7.92. The number of hydrogen-bond acceptors (Lipinski definition) is 4. The minimum Gasteiger partial charge on any atom is -0.328 e. The second-order valence-electron chi connectivity index (χ2n) is 5.40. The summed E-state index contributed by atoms with van der Waals surface area (Å²) in [4.78, 5) is 16.2. The summed E-state index contributed by atoms with van der Waals surface area (Å²) in [5.41, 5.74) is 10.1. The number of aryl methyl sites for hydroxylation is 2. The second kappa shape index (κ2) is 6.83. The molecule has 4 nitrogen and oxygen atoms in total. The van der Waals surface area contributed by atoms with Gasteiger partial charge in [0.25, 0.3) is 0 Å². The number of nitrogens with one attached hydrogen (secondary N) is 1. The molecule has 2 rings (SSSR count). The molecular weight excluding hydrogens is 282 g/mol. The third-order valence-electron chi connectivity index (χ3n) is 3.38. The van der Waals surface area contributed by atoms with E-state index in [0.29, 0.717) is 18.0 Å². The summed E-state index contributed by atoms with van der Waals surface area (Å²) in [7, 11) is 0. The topological polar surface area (TPSA) is 68.0 Å². The summed E-state index contributed by atoms with van der Waals surface area (Å²) in [6, 6.07) is 6.30. The molecule has 1 atom stereocenters. The van der Waals surface area contributed by atoms with E-state index in [-0.39, 0.29) is 11.9 Å². The van der Waals surface area contributed by atoms with Gasteiger partial charge in [0.05, 0.1) is 5.69 Å². The van der Waals surface area contributed by atoms with Crippen molar-refractivity contribution in [3.63, 3.8) is 0 Å². The number of carbonyl (C=O) groups is 1. The molecule has 112 valence electrons. The lowest BCUT2D eigenvalue weighted by atomic mass is 10.1. The summed E-state index contributed by atoms with van der Waals surface area (Å²) in [5, 5.41) is 5.43. The lowest BCUT2D eigenvalue weighted by Gasteiger charge is -2.04. The van der Waals surface area contributed by atoms with E-state index < -0.39 is 0 Å². The van der Waals surface area contributed by atoms with E-state index in [1.165, 1.54) is 22.5 Å². The molecule has 0 spiro atoms. The Labute approximate surface area is 129 Å². The van der Waals surface area contributed by atoms with E-state index in [1.54, 1.807) is 0 Å². The van der Waals surface area contributed by atoms with Crippen molar-refractivity contribution in [2.45, 2.75) is 39.7 Å². The van der Waals surface area contributed by atoms with E-state index in [1.807, 2.05) is 12.3 Å². The van der Waals surface area contributed by atoms with Gasteiger partial charge >= 0.3 is 0 Å². The highest BCUT2D eigenvalue weighted by Crippen LogP contribution is 2.26. The van der Waals surface area contributed by atoms with Gasteiger partial charge in [0.1, 0.15) is 0 Å². The van der Waals surface area contributed by atoms with Crippen molar-refractivity contribution in [2.24, 2.45) is 5.73 Å². The van der Waals surface area contributed by atoms with Gasteiger partial charge in [-0.25, -0.2) is 4.98 Å². The number of aromatic nitrogens is 1. The van der Waals surface area contributed by atoms with Crippen LogP contribution in [-0.4, -0.2) is 16.9 Å². The first-order valence-electron chi connectivity index (χ1n) is 7.04. The summed E-state index contributed by atoms with van der Waals surface area (Å²) in [5.74, 6) is -0.0340. The van der Waals surface area contributed by atoms with Crippen molar-refractivity contribution < 1.29 is 4.79 Å². The average Bonchev–Trinajstić information content (AvgIpc) is 2.88. The quantitative estimate of drug-likeness (QED) is 0.888. The van der Waals surface area contributed by atoms with Crippen molar-refractivity contribution in [3.05, 3.63) is 34.7 Å². The highest BCUT2D eigenvalue weighted by Gasteiger charge is 2.09. The molecule has 0 radical (unpaired) electrons. The number of anilines is 1. The molecular formula is C16H21N3OS. The molecule has 21 heavy (non-hydrogen) atoms. The van der Waals surface area contributed by atoms with Crippen LogP contribution < -0.4 is 11.1 Å². The number of nitrogens with zero attached hydrogens (tertiary/aromatic N) is 1. The minimum absolute atomic E-state index is 0.0340. The molecule has 0 aliphatic carbocycles. The summed E-state index contributed by atoms with van der Waals surface area (Å²) in [6.07, 6.45) is 1.11. The van der Waals surface area contributed by atoms with Crippen molar-refractivity contribution in [3.8, 4) is 11.3 Å². The lowest BCUT2D eigenvalue weighted by molar-refractivity contribution is -0.116. The zero-order valence-corrected chi connectivity index (χ0v) is 13.5. The third kappa shape index (κ3) is 4.37. The van der Waals surface area contributed by atoms with E-state index >= 15 is 0 Å². The maximum Gasteiger partial charge on any atom is 0.226 e. The van der Waals surface area contributed by atoms with Crippen LogP contribution in [0.15, 0.2) is 23.6 Å². The predicted octanol–water partition coefficient (Wildman–Crippen LogP) is 3.49. The van der Waals surface area contributed by atoms with Crippen LogP contribution in [0.1, 0.15) is 30.9 Å². The molecule has 0 aliphatic heterocycles. The lowest BCUT2D eigenvalue weighted by Crippen LogP contribution is -2.19. The molecule has 0 fully saturated rings. The molecule has 0 saturated carbocycles. The van der Waals surface area contributed by atoms with E-state index in [9.17, 15) is 4.79 Å². The van der Waals surface area contributed by atoms with Gasteiger partial charge in [0.15, 0.2) is 5.13 Å². The maximum absolute atomic E-state index is 11.8. The van der Waals surface area contributed by atoms with Gasteiger partial charge in [-0.15, -0.1) is 11.3 Å². The largest absolute Gasteiger partial charge is 0.328 e. The SMILES string of the molecule is Cc1ccc(-c2csc(NC(=O)CCC(C)N)n2)cc1C. The van der Waals surface area contributed by atoms with Crippen molar-refractivity contribution in [1.29, 1.82) is 0 Å². The first kappa shape index (κ1) is 15.7. The van der Waals surface area contributed by atoms with Crippen LogP contribution in [0.3, 0.4) is 0 Å². The molecule has 5 heteroatoms. The monoisotopic (exact) mass is 303 g/mol. The number of rotatable bonds is 5. The fourth-order valence-electron chi connectivity index (χ4n) is 1.91. The van der Waals surface area contributed by atoms with Crippen LogP contribution in [0.25, 0.3) is 11.3 Å². The molecule has 1 aromatic carbocycles. The van der Waals surface area contributed by atoms with Gasteiger partial charge in [-0.1, -0.05) is 12.1 Å². The molecule has 2 aromatic rings. The normalized spacial score (nSPS) is 12.2. The minimum atomic E-state index is -0.0340. The average molecular weight is 303 g/mol. The van der Waals surface area contributed by atoms with E-state index in [0.717, 1.165) is 11.3 Å². The third-order valence-corrected chi connectivity index (χ3v) is 4.14. The van der Waals surface area contributed by atoms with Gasteiger partial charge in [0, 0.05) is 23.4 Å². The van der Waals surface area contributed by atoms with Crippen LogP contribution >= 0.6 is 11.3 Å². The zero-order valence-electron chi connectivity index (χ0n) is 12.6. The Kier molecular flexibility index (Phi) is 5.09. The number of amides is 1. The molecule has 0 bridgehead atoms. The van der Waals surface area contributed by atoms with Crippen molar-refractivity contribution in [1.82, 2.24) is 4.98 Å². The van der Waals surface area contributed by atoms with Gasteiger partial charge in [-0.2, -0.15) is 0 Å². The Morgan fingerprint density at radius 2 is 2.14 bits per heavy atom. The van der Waals surface area contributed by atoms with Crippen LogP contribution in [0.2, 0.25) is 0 Å². The fraction of sp³-hybridized carbons (Fsp3) is 0.375. The number of thiazole rings is 1. The van der Waals surface area contributed by atoms with E-state index in [2.05, 4.69) is 42.3 Å². The van der Waals surface area contributed by atoms with E-state index in [4.69, 9.17) is 5.73 Å². The molecule has 1 heterocycles. The Bertz CT molecular complexity index is 634.